The van der Waals surface area contributed by atoms with E-state index in [1.165, 1.54) is 18.2 Å². The first-order chi connectivity index (χ1) is 8.99. The van der Waals surface area contributed by atoms with E-state index in [2.05, 4.69) is 0 Å². The normalized spacial score (nSPS) is 10.2. The zero-order chi connectivity index (χ0) is 14.0. The maximum Gasteiger partial charge on any atom is 0.292 e. The van der Waals surface area contributed by atoms with Gasteiger partial charge in [0.05, 0.1) is 9.95 Å². The van der Waals surface area contributed by atoms with E-state index in [9.17, 15) is 10.1 Å². The lowest BCUT2D eigenvalue weighted by molar-refractivity contribution is -0.383. The number of rotatable bonds is 3. The zero-order valence-electron chi connectivity index (χ0n) is 10.1. The predicted molar refractivity (Wildman–Crippen MR) is 73.8 cm³/mol. The Morgan fingerprint density at radius 2 is 2.05 bits per heavy atom. The minimum absolute atomic E-state index is 0.0483. The van der Waals surface area contributed by atoms with Gasteiger partial charge in [-0.2, -0.15) is 0 Å². The van der Waals surface area contributed by atoms with Gasteiger partial charge in [0, 0.05) is 12.1 Å². The average molecular weight is 279 g/mol. The van der Waals surface area contributed by atoms with E-state index in [1.54, 1.807) is 6.07 Å². The van der Waals surface area contributed by atoms with Crippen LogP contribution in [0.2, 0.25) is 5.02 Å². The third kappa shape index (κ3) is 2.77. The lowest BCUT2D eigenvalue weighted by Crippen LogP contribution is -1.96. The molecule has 0 unspecified atom stereocenters. The summed E-state index contributed by atoms with van der Waals surface area (Å²) >= 11 is 6.04. The van der Waals surface area contributed by atoms with Gasteiger partial charge in [-0.05, 0) is 24.6 Å². The molecule has 5 nitrogen and oxygen atoms in total. The number of hydrogen-bond acceptors (Lipinski definition) is 4. The molecule has 2 aromatic rings. The summed E-state index contributed by atoms with van der Waals surface area (Å²) in [7, 11) is 0. The Morgan fingerprint density at radius 3 is 2.63 bits per heavy atom. The molecule has 0 aliphatic rings. The minimum atomic E-state index is -0.542. The fourth-order valence-electron chi connectivity index (χ4n) is 1.63. The lowest BCUT2D eigenvalue weighted by Gasteiger charge is -2.10. The van der Waals surface area contributed by atoms with Crippen LogP contribution in [-0.2, 0) is 0 Å². The SMILES string of the molecule is Cc1cccc(Cl)c1Oc1ccc([N+](=O)[O-])c(N)c1. The molecule has 0 saturated carbocycles. The molecule has 2 aromatic carbocycles. The Labute approximate surface area is 114 Å². The van der Waals surface area contributed by atoms with Crippen molar-refractivity contribution >= 4 is 23.0 Å². The second kappa shape index (κ2) is 5.16. The highest BCUT2D eigenvalue weighted by atomic mass is 35.5. The lowest BCUT2D eigenvalue weighted by atomic mass is 10.2. The van der Waals surface area contributed by atoms with E-state index in [-0.39, 0.29) is 11.4 Å². The summed E-state index contributed by atoms with van der Waals surface area (Å²) in [5.41, 5.74) is 6.36. The molecule has 2 N–H and O–H groups in total. The number of hydrogen-bond donors (Lipinski definition) is 1. The molecular formula is C13H11ClN2O3. The van der Waals surface area contributed by atoms with Crippen molar-refractivity contribution in [1.82, 2.24) is 0 Å². The smallest absolute Gasteiger partial charge is 0.292 e. The van der Waals surface area contributed by atoms with Crippen molar-refractivity contribution in [3.8, 4) is 11.5 Å². The van der Waals surface area contributed by atoms with Crippen molar-refractivity contribution in [3.05, 3.63) is 57.1 Å². The fraction of sp³-hybridized carbons (Fsp3) is 0.0769. The van der Waals surface area contributed by atoms with Gasteiger partial charge in [-0.3, -0.25) is 10.1 Å². The molecule has 98 valence electrons. The number of nitrogens with zero attached hydrogens (tertiary/aromatic N) is 1. The van der Waals surface area contributed by atoms with Crippen LogP contribution < -0.4 is 10.5 Å². The molecule has 19 heavy (non-hydrogen) atoms. The fourth-order valence-corrected chi connectivity index (χ4v) is 1.89. The Bertz CT molecular complexity index is 624. The zero-order valence-corrected chi connectivity index (χ0v) is 10.8. The average Bonchev–Trinajstić information content (AvgIpc) is 2.33. The number of ether oxygens (including phenoxy) is 1. The van der Waals surface area contributed by atoms with Crippen molar-refractivity contribution in [3.63, 3.8) is 0 Å². The molecule has 0 amide bonds. The van der Waals surface area contributed by atoms with Crippen molar-refractivity contribution in [1.29, 1.82) is 0 Å². The van der Waals surface area contributed by atoms with Crippen LogP contribution in [0, 0.1) is 17.0 Å². The van der Waals surface area contributed by atoms with E-state index in [0.717, 1.165) is 5.56 Å². The summed E-state index contributed by atoms with van der Waals surface area (Å²) in [6.45, 7) is 1.86. The van der Waals surface area contributed by atoms with Crippen molar-refractivity contribution in [2.24, 2.45) is 0 Å². The van der Waals surface area contributed by atoms with Crippen LogP contribution >= 0.6 is 11.6 Å². The van der Waals surface area contributed by atoms with E-state index in [0.29, 0.717) is 16.5 Å². The molecule has 0 radical (unpaired) electrons. The van der Waals surface area contributed by atoms with Crippen LogP contribution in [0.15, 0.2) is 36.4 Å². The molecule has 0 spiro atoms. The number of aryl methyl sites for hydroxylation is 1. The topological polar surface area (TPSA) is 78.4 Å². The highest BCUT2D eigenvalue weighted by Gasteiger charge is 2.13. The van der Waals surface area contributed by atoms with E-state index >= 15 is 0 Å². The summed E-state index contributed by atoms with van der Waals surface area (Å²) in [6, 6.07) is 9.57. The van der Waals surface area contributed by atoms with Crippen molar-refractivity contribution in [2.75, 3.05) is 5.73 Å². The second-order valence-corrected chi connectivity index (χ2v) is 4.37. The van der Waals surface area contributed by atoms with E-state index in [4.69, 9.17) is 22.1 Å². The number of halogens is 1. The number of nitro benzene ring substituents is 1. The van der Waals surface area contributed by atoms with Crippen molar-refractivity contribution in [2.45, 2.75) is 6.92 Å². The van der Waals surface area contributed by atoms with Crippen LogP contribution in [0.3, 0.4) is 0 Å². The molecule has 0 fully saturated rings. The Hall–Kier alpha value is -2.27. The number of nitro groups is 1. The summed E-state index contributed by atoms with van der Waals surface area (Å²) in [4.78, 5) is 10.1. The third-order valence-electron chi connectivity index (χ3n) is 2.58. The molecule has 0 atom stereocenters. The maximum atomic E-state index is 10.7. The predicted octanol–water partition coefficient (Wildman–Crippen LogP) is 3.93. The summed E-state index contributed by atoms with van der Waals surface area (Å²) < 4.78 is 5.62. The van der Waals surface area contributed by atoms with Crippen LogP contribution in [0.4, 0.5) is 11.4 Å². The van der Waals surface area contributed by atoms with Gasteiger partial charge in [-0.15, -0.1) is 0 Å². The first-order valence-electron chi connectivity index (χ1n) is 5.46. The Morgan fingerprint density at radius 1 is 1.32 bits per heavy atom. The van der Waals surface area contributed by atoms with Gasteiger partial charge >= 0.3 is 0 Å². The molecule has 0 heterocycles. The first kappa shape index (κ1) is 13.2. The van der Waals surface area contributed by atoms with Crippen molar-refractivity contribution < 1.29 is 9.66 Å². The number of para-hydroxylation sites is 1. The standard InChI is InChI=1S/C13H11ClN2O3/c1-8-3-2-4-10(14)13(8)19-9-5-6-12(16(17)18)11(15)7-9/h2-7H,15H2,1H3. The van der Waals surface area contributed by atoms with Crippen LogP contribution in [0.5, 0.6) is 11.5 Å². The molecule has 6 heteroatoms. The minimum Gasteiger partial charge on any atom is -0.455 e. The van der Waals surface area contributed by atoms with Gasteiger partial charge in [0.25, 0.3) is 5.69 Å². The summed E-state index contributed by atoms with van der Waals surface area (Å²) in [5, 5.41) is 11.1. The Balaban J connectivity index is 2.34. The first-order valence-corrected chi connectivity index (χ1v) is 5.83. The van der Waals surface area contributed by atoms with Gasteiger partial charge in [-0.1, -0.05) is 23.7 Å². The number of anilines is 1. The van der Waals surface area contributed by atoms with Crippen LogP contribution in [-0.4, -0.2) is 4.92 Å². The van der Waals surface area contributed by atoms with E-state index in [1.807, 2.05) is 19.1 Å². The molecule has 0 aliphatic heterocycles. The monoisotopic (exact) mass is 278 g/mol. The third-order valence-corrected chi connectivity index (χ3v) is 2.88. The number of nitrogen functional groups attached to an aromatic ring is 1. The second-order valence-electron chi connectivity index (χ2n) is 3.97. The maximum absolute atomic E-state index is 10.7. The van der Waals surface area contributed by atoms with Gasteiger partial charge < -0.3 is 10.5 Å². The number of nitrogens with two attached hydrogens (primary N) is 1. The molecular weight excluding hydrogens is 268 g/mol. The van der Waals surface area contributed by atoms with Crippen LogP contribution in [0.25, 0.3) is 0 Å². The molecule has 0 aromatic heterocycles. The van der Waals surface area contributed by atoms with E-state index < -0.39 is 4.92 Å². The molecule has 0 aliphatic carbocycles. The van der Waals surface area contributed by atoms with Gasteiger partial charge in [0.1, 0.15) is 17.2 Å². The molecule has 2 rings (SSSR count). The largest absolute Gasteiger partial charge is 0.455 e. The van der Waals surface area contributed by atoms with Gasteiger partial charge in [-0.25, -0.2) is 0 Å². The molecule has 0 bridgehead atoms. The van der Waals surface area contributed by atoms with Gasteiger partial charge in [0.15, 0.2) is 0 Å². The summed E-state index contributed by atoms with van der Waals surface area (Å²) in [6.07, 6.45) is 0. The Kier molecular flexibility index (Phi) is 3.57. The summed E-state index contributed by atoms with van der Waals surface area (Å²) in [5.74, 6) is 0.914. The quantitative estimate of drug-likeness (QED) is 0.524. The van der Waals surface area contributed by atoms with Gasteiger partial charge in [0.2, 0.25) is 0 Å². The highest BCUT2D eigenvalue weighted by Crippen LogP contribution is 2.34. The highest BCUT2D eigenvalue weighted by molar-refractivity contribution is 6.32. The number of benzene rings is 2. The van der Waals surface area contributed by atoms with Crippen LogP contribution in [0.1, 0.15) is 5.56 Å². The molecule has 0 saturated heterocycles.